The summed E-state index contributed by atoms with van der Waals surface area (Å²) in [6.07, 6.45) is 0.901. The molecule has 0 radical (unpaired) electrons. The van der Waals surface area contributed by atoms with Gasteiger partial charge in [0.1, 0.15) is 0 Å². The van der Waals surface area contributed by atoms with Gasteiger partial charge in [-0.25, -0.2) is 0 Å². The molecule has 2 amide bonds. The number of benzene rings is 2. The summed E-state index contributed by atoms with van der Waals surface area (Å²) >= 11 is 0. The predicted molar refractivity (Wildman–Crippen MR) is 95.7 cm³/mol. The molecule has 0 aromatic heterocycles. The van der Waals surface area contributed by atoms with Crippen LogP contribution in [0, 0.1) is 11.8 Å². The van der Waals surface area contributed by atoms with Crippen LogP contribution in [0.25, 0.3) is 10.8 Å². The van der Waals surface area contributed by atoms with Crippen molar-refractivity contribution >= 4 is 22.6 Å². The van der Waals surface area contributed by atoms with E-state index in [1.807, 2.05) is 26.0 Å². The van der Waals surface area contributed by atoms with Crippen LogP contribution in [0.2, 0.25) is 0 Å². The normalized spacial score (nSPS) is 19.3. The third-order valence-electron chi connectivity index (χ3n) is 4.60. The minimum absolute atomic E-state index is 0.0179. The maximum Gasteiger partial charge on any atom is 0.223 e. The van der Waals surface area contributed by atoms with Gasteiger partial charge in [-0.3, -0.25) is 9.59 Å². The van der Waals surface area contributed by atoms with Gasteiger partial charge in [0.15, 0.2) is 0 Å². The first-order valence-electron chi connectivity index (χ1n) is 8.61. The van der Waals surface area contributed by atoms with Gasteiger partial charge < -0.3 is 10.6 Å². The van der Waals surface area contributed by atoms with E-state index in [0.717, 1.165) is 6.42 Å². The molecule has 1 fully saturated rings. The number of carbonyl (C=O) groups is 2. The van der Waals surface area contributed by atoms with Gasteiger partial charge in [0, 0.05) is 24.9 Å². The Hall–Kier alpha value is -2.36. The fraction of sp³-hybridized carbons (Fsp3) is 0.400. The molecule has 4 nitrogen and oxygen atoms in total. The second kappa shape index (κ2) is 7.04. The summed E-state index contributed by atoms with van der Waals surface area (Å²) in [5.74, 6) is 0.439. The van der Waals surface area contributed by atoms with Crippen LogP contribution in [0.15, 0.2) is 42.5 Å². The summed E-state index contributed by atoms with van der Waals surface area (Å²) in [4.78, 5) is 23.8. The fourth-order valence-electron chi connectivity index (χ4n) is 3.11. The van der Waals surface area contributed by atoms with Gasteiger partial charge in [-0.05, 0) is 28.7 Å². The lowest BCUT2D eigenvalue weighted by molar-refractivity contribution is -0.125. The standard InChI is InChI=1S/C20H24N2O2/c1-13(2)19(23)21-10-11-22-20(24)18-12-17(18)16-9-5-7-14-6-3-4-8-15(14)16/h3-9,13,17-18H,10-12H2,1-2H3,(H,21,23)(H,22,24)/t17-,18+/m0/s1. The molecule has 4 heteroatoms. The third kappa shape index (κ3) is 3.58. The first kappa shape index (κ1) is 16.5. The molecule has 24 heavy (non-hydrogen) atoms. The highest BCUT2D eigenvalue weighted by atomic mass is 16.2. The van der Waals surface area contributed by atoms with Gasteiger partial charge >= 0.3 is 0 Å². The summed E-state index contributed by atoms with van der Waals surface area (Å²) in [5, 5.41) is 8.20. The Morgan fingerprint density at radius 3 is 2.54 bits per heavy atom. The molecule has 2 atom stereocenters. The monoisotopic (exact) mass is 324 g/mol. The Morgan fingerprint density at radius 2 is 1.75 bits per heavy atom. The molecule has 2 aromatic rings. The number of rotatable bonds is 6. The van der Waals surface area contributed by atoms with E-state index in [9.17, 15) is 9.59 Å². The van der Waals surface area contributed by atoms with E-state index in [1.165, 1.54) is 16.3 Å². The highest BCUT2D eigenvalue weighted by Crippen LogP contribution is 2.49. The van der Waals surface area contributed by atoms with Crippen LogP contribution in [-0.2, 0) is 9.59 Å². The summed E-state index contributed by atoms with van der Waals surface area (Å²) in [5.41, 5.74) is 1.27. The predicted octanol–water partition coefficient (Wildman–Crippen LogP) is 2.83. The molecule has 126 valence electrons. The van der Waals surface area contributed by atoms with E-state index in [2.05, 4.69) is 41.0 Å². The lowest BCUT2D eigenvalue weighted by Crippen LogP contribution is -2.37. The van der Waals surface area contributed by atoms with Crippen LogP contribution in [0.5, 0.6) is 0 Å². The van der Waals surface area contributed by atoms with Crippen LogP contribution in [0.1, 0.15) is 31.7 Å². The Morgan fingerprint density at radius 1 is 1.04 bits per heavy atom. The van der Waals surface area contributed by atoms with Crippen molar-refractivity contribution in [2.45, 2.75) is 26.2 Å². The Labute approximate surface area is 142 Å². The SMILES string of the molecule is CC(C)C(=O)NCCNC(=O)[C@@H]1C[C@H]1c1cccc2ccccc12. The number of nitrogens with one attached hydrogen (secondary N) is 2. The maximum atomic E-state index is 12.3. The van der Waals surface area contributed by atoms with Crippen molar-refractivity contribution in [3.05, 3.63) is 48.0 Å². The van der Waals surface area contributed by atoms with Gasteiger partial charge in [-0.15, -0.1) is 0 Å². The third-order valence-corrected chi connectivity index (χ3v) is 4.60. The minimum atomic E-state index is -0.0279. The topological polar surface area (TPSA) is 58.2 Å². The second-order valence-electron chi connectivity index (χ2n) is 6.75. The molecule has 0 aliphatic heterocycles. The number of hydrogen-bond donors (Lipinski definition) is 2. The molecule has 1 aliphatic carbocycles. The lowest BCUT2D eigenvalue weighted by atomic mass is 10.00. The van der Waals surface area contributed by atoms with Crippen LogP contribution >= 0.6 is 0 Å². The van der Waals surface area contributed by atoms with Gasteiger partial charge in [0.25, 0.3) is 0 Å². The van der Waals surface area contributed by atoms with Crippen LogP contribution in [-0.4, -0.2) is 24.9 Å². The largest absolute Gasteiger partial charge is 0.354 e. The lowest BCUT2D eigenvalue weighted by Gasteiger charge is -2.09. The highest BCUT2D eigenvalue weighted by Gasteiger charge is 2.44. The molecule has 1 aliphatic rings. The first-order chi connectivity index (χ1) is 11.6. The molecule has 1 saturated carbocycles. The van der Waals surface area contributed by atoms with Crippen LogP contribution in [0.3, 0.4) is 0 Å². The van der Waals surface area contributed by atoms with E-state index in [1.54, 1.807) is 0 Å². The maximum absolute atomic E-state index is 12.3. The van der Waals surface area contributed by atoms with Crippen molar-refractivity contribution < 1.29 is 9.59 Å². The molecule has 2 N–H and O–H groups in total. The molecule has 0 heterocycles. The average Bonchev–Trinajstić information content (AvgIpc) is 3.38. The number of carbonyl (C=O) groups excluding carboxylic acids is 2. The van der Waals surface area contributed by atoms with Crippen molar-refractivity contribution in [2.24, 2.45) is 11.8 Å². The molecule has 3 rings (SSSR count). The zero-order chi connectivity index (χ0) is 17.1. The van der Waals surface area contributed by atoms with Crippen molar-refractivity contribution in [3.8, 4) is 0 Å². The molecular weight excluding hydrogens is 300 g/mol. The summed E-state index contributed by atoms with van der Waals surface area (Å²) in [6.45, 7) is 4.67. The van der Waals surface area contributed by atoms with E-state index >= 15 is 0 Å². The minimum Gasteiger partial charge on any atom is -0.354 e. The molecule has 0 unspecified atom stereocenters. The van der Waals surface area contributed by atoms with Crippen molar-refractivity contribution in [2.75, 3.05) is 13.1 Å². The van der Waals surface area contributed by atoms with E-state index in [4.69, 9.17) is 0 Å². The summed E-state index contributed by atoms with van der Waals surface area (Å²) in [7, 11) is 0. The second-order valence-corrected chi connectivity index (χ2v) is 6.75. The quantitative estimate of drug-likeness (QED) is 0.803. The zero-order valence-electron chi connectivity index (χ0n) is 14.2. The Bertz CT molecular complexity index is 749. The van der Waals surface area contributed by atoms with Gasteiger partial charge in [-0.2, -0.15) is 0 Å². The molecular formula is C20H24N2O2. The van der Waals surface area contributed by atoms with Gasteiger partial charge in [0.2, 0.25) is 11.8 Å². The van der Waals surface area contributed by atoms with E-state index in [0.29, 0.717) is 19.0 Å². The van der Waals surface area contributed by atoms with Gasteiger partial charge in [0.05, 0.1) is 0 Å². The molecule has 0 saturated heterocycles. The Kier molecular flexibility index (Phi) is 4.84. The molecule has 0 spiro atoms. The smallest absolute Gasteiger partial charge is 0.223 e. The summed E-state index contributed by atoms with van der Waals surface area (Å²) in [6, 6.07) is 14.6. The number of fused-ring (bicyclic) bond motifs is 1. The average molecular weight is 324 g/mol. The number of amides is 2. The first-order valence-corrected chi connectivity index (χ1v) is 8.61. The van der Waals surface area contributed by atoms with E-state index < -0.39 is 0 Å². The Balaban J connectivity index is 1.53. The zero-order valence-corrected chi connectivity index (χ0v) is 14.2. The molecule has 2 aromatic carbocycles. The summed E-state index contributed by atoms with van der Waals surface area (Å²) < 4.78 is 0. The van der Waals surface area contributed by atoms with Crippen molar-refractivity contribution in [1.29, 1.82) is 0 Å². The highest BCUT2D eigenvalue weighted by molar-refractivity contribution is 5.89. The molecule has 0 bridgehead atoms. The van der Waals surface area contributed by atoms with Crippen LogP contribution < -0.4 is 10.6 Å². The van der Waals surface area contributed by atoms with Crippen molar-refractivity contribution in [1.82, 2.24) is 10.6 Å². The van der Waals surface area contributed by atoms with E-state index in [-0.39, 0.29) is 23.7 Å². The van der Waals surface area contributed by atoms with Crippen LogP contribution in [0.4, 0.5) is 0 Å². The van der Waals surface area contributed by atoms with Crippen molar-refractivity contribution in [3.63, 3.8) is 0 Å². The number of hydrogen-bond acceptors (Lipinski definition) is 2. The van der Waals surface area contributed by atoms with Gasteiger partial charge in [-0.1, -0.05) is 56.3 Å². The fourth-order valence-corrected chi connectivity index (χ4v) is 3.11.